The summed E-state index contributed by atoms with van der Waals surface area (Å²) in [4.78, 5) is 4.85. The van der Waals surface area contributed by atoms with Crippen LogP contribution >= 0.6 is 0 Å². The SMILES string of the molecule is OC(CNCCNc1c2c(nc3ccccc13)CCC=C2)COc1cccc2ccccc12. The van der Waals surface area contributed by atoms with Gasteiger partial charge in [0, 0.05) is 36.0 Å². The van der Waals surface area contributed by atoms with Crippen molar-refractivity contribution in [3.8, 4) is 5.75 Å². The zero-order chi connectivity index (χ0) is 22.5. The molecular formula is C28H29N3O2. The summed E-state index contributed by atoms with van der Waals surface area (Å²) in [5.74, 6) is 0.802. The molecular weight excluding hydrogens is 410 g/mol. The van der Waals surface area contributed by atoms with Gasteiger partial charge in [-0.25, -0.2) is 0 Å². The number of nitrogens with zero attached hydrogens (tertiary/aromatic N) is 1. The second-order valence-corrected chi connectivity index (χ2v) is 8.38. The molecule has 3 N–H and O–H groups in total. The molecule has 0 radical (unpaired) electrons. The molecule has 168 valence electrons. The molecule has 3 aromatic carbocycles. The number of anilines is 1. The molecule has 1 aliphatic rings. The quantitative estimate of drug-likeness (QED) is 0.327. The lowest BCUT2D eigenvalue weighted by molar-refractivity contribution is 0.107. The maximum atomic E-state index is 10.4. The summed E-state index contributed by atoms with van der Waals surface area (Å²) < 4.78 is 5.90. The number of rotatable bonds is 9. The molecule has 5 nitrogen and oxygen atoms in total. The van der Waals surface area contributed by atoms with Crippen LogP contribution < -0.4 is 15.4 Å². The number of hydrogen-bond donors (Lipinski definition) is 3. The van der Waals surface area contributed by atoms with Crippen LogP contribution in [0, 0.1) is 0 Å². The third-order valence-electron chi connectivity index (χ3n) is 6.01. The van der Waals surface area contributed by atoms with E-state index < -0.39 is 6.10 Å². The summed E-state index contributed by atoms with van der Waals surface area (Å²) in [5, 5.41) is 20.6. The molecule has 1 heterocycles. The van der Waals surface area contributed by atoms with Crippen LogP contribution in [0.4, 0.5) is 5.69 Å². The molecule has 4 aromatic rings. The molecule has 0 saturated carbocycles. The van der Waals surface area contributed by atoms with Crippen LogP contribution in [-0.4, -0.2) is 42.4 Å². The van der Waals surface area contributed by atoms with E-state index in [1.54, 1.807) is 0 Å². The number of pyridine rings is 1. The van der Waals surface area contributed by atoms with Crippen LogP contribution in [0.25, 0.3) is 27.8 Å². The highest BCUT2D eigenvalue weighted by molar-refractivity contribution is 5.96. The number of aliphatic hydroxyl groups is 1. The van der Waals surface area contributed by atoms with Gasteiger partial charge in [0.2, 0.25) is 0 Å². The van der Waals surface area contributed by atoms with Gasteiger partial charge in [-0.2, -0.15) is 0 Å². The first kappa shape index (κ1) is 21.4. The molecule has 33 heavy (non-hydrogen) atoms. The molecule has 0 fully saturated rings. The Bertz CT molecular complexity index is 1280. The second-order valence-electron chi connectivity index (χ2n) is 8.38. The van der Waals surface area contributed by atoms with Gasteiger partial charge < -0.3 is 20.5 Å². The first-order valence-electron chi connectivity index (χ1n) is 11.6. The first-order valence-corrected chi connectivity index (χ1v) is 11.6. The third-order valence-corrected chi connectivity index (χ3v) is 6.01. The van der Waals surface area contributed by atoms with Gasteiger partial charge in [-0.3, -0.25) is 4.98 Å². The number of benzene rings is 3. The minimum atomic E-state index is -0.582. The summed E-state index contributed by atoms with van der Waals surface area (Å²) in [6, 6.07) is 22.4. The lowest BCUT2D eigenvalue weighted by atomic mass is 9.98. The molecule has 0 amide bonds. The van der Waals surface area contributed by atoms with E-state index in [1.807, 2.05) is 36.4 Å². The average Bonchev–Trinajstić information content (AvgIpc) is 2.86. The molecule has 1 aliphatic carbocycles. The monoisotopic (exact) mass is 439 g/mol. The molecule has 1 atom stereocenters. The van der Waals surface area contributed by atoms with Crippen molar-refractivity contribution in [1.29, 1.82) is 0 Å². The fourth-order valence-corrected chi connectivity index (χ4v) is 4.37. The maximum Gasteiger partial charge on any atom is 0.127 e. The van der Waals surface area contributed by atoms with Gasteiger partial charge in [0.25, 0.3) is 0 Å². The van der Waals surface area contributed by atoms with Crippen LogP contribution in [-0.2, 0) is 6.42 Å². The normalized spacial score (nSPS) is 13.7. The molecule has 0 spiro atoms. The summed E-state index contributed by atoms with van der Waals surface area (Å²) in [6.45, 7) is 2.22. The van der Waals surface area contributed by atoms with Crippen molar-refractivity contribution in [2.45, 2.75) is 18.9 Å². The number of aromatic nitrogens is 1. The number of aliphatic hydroxyl groups excluding tert-OH is 1. The molecule has 0 aliphatic heterocycles. The van der Waals surface area contributed by atoms with Gasteiger partial charge in [-0.05, 0) is 30.4 Å². The number of hydrogen-bond acceptors (Lipinski definition) is 5. The van der Waals surface area contributed by atoms with E-state index >= 15 is 0 Å². The molecule has 0 saturated heterocycles. The minimum absolute atomic E-state index is 0.252. The van der Waals surface area contributed by atoms with Crippen LogP contribution in [0.3, 0.4) is 0 Å². The largest absolute Gasteiger partial charge is 0.490 e. The number of para-hydroxylation sites is 1. The Hall–Kier alpha value is -3.41. The zero-order valence-electron chi connectivity index (χ0n) is 18.6. The Labute approximate surface area is 194 Å². The predicted octanol–water partition coefficient (Wildman–Crippen LogP) is 4.79. The van der Waals surface area contributed by atoms with E-state index in [-0.39, 0.29) is 6.61 Å². The fourth-order valence-electron chi connectivity index (χ4n) is 4.37. The van der Waals surface area contributed by atoms with E-state index in [4.69, 9.17) is 9.72 Å². The van der Waals surface area contributed by atoms with Gasteiger partial charge in [-0.1, -0.05) is 66.7 Å². The van der Waals surface area contributed by atoms with Crippen molar-refractivity contribution in [2.75, 3.05) is 31.6 Å². The Morgan fingerprint density at radius 1 is 0.939 bits per heavy atom. The number of nitrogens with one attached hydrogen (secondary N) is 2. The van der Waals surface area contributed by atoms with Gasteiger partial charge in [0.1, 0.15) is 18.5 Å². The Balaban J connectivity index is 1.13. The van der Waals surface area contributed by atoms with Gasteiger partial charge >= 0.3 is 0 Å². The number of allylic oxidation sites excluding steroid dienone is 1. The highest BCUT2D eigenvalue weighted by Gasteiger charge is 2.15. The van der Waals surface area contributed by atoms with E-state index in [2.05, 4.69) is 53.1 Å². The lowest BCUT2D eigenvalue weighted by Crippen LogP contribution is -2.34. The summed E-state index contributed by atoms with van der Waals surface area (Å²) in [6.07, 6.45) is 5.84. The topological polar surface area (TPSA) is 66.4 Å². The smallest absolute Gasteiger partial charge is 0.127 e. The van der Waals surface area contributed by atoms with Crippen LogP contribution in [0.5, 0.6) is 5.75 Å². The molecule has 1 aromatic heterocycles. The Morgan fingerprint density at radius 3 is 2.70 bits per heavy atom. The predicted molar refractivity (Wildman–Crippen MR) is 136 cm³/mol. The number of ether oxygens (including phenoxy) is 1. The van der Waals surface area contributed by atoms with Crippen molar-refractivity contribution >= 4 is 33.4 Å². The van der Waals surface area contributed by atoms with Crippen molar-refractivity contribution in [3.05, 3.63) is 84.1 Å². The van der Waals surface area contributed by atoms with Crippen molar-refractivity contribution in [1.82, 2.24) is 10.3 Å². The van der Waals surface area contributed by atoms with Crippen LogP contribution in [0.2, 0.25) is 0 Å². The summed E-state index contributed by atoms with van der Waals surface area (Å²) in [7, 11) is 0. The van der Waals surface area contributed by atoms with Gasteiger partial charge in [-0.15, -0.1) is 0 Å². The fraction of sp³-hybridized carbons (Fsp3) is 0.250. The zero-order valence-corrected chi connectivity index (χ0v) is 18.6. The first-order chi connectivity index (χ1) is 16.3. The van der Waals surface area contributed by atoms with Crippen molar-refractivity contribution in [3.63, 3.8) is 0 Å². The van der Waals surface area contributed by atoms with E-state index in [9.17, 15) is 5.11 Å². The molecule has 5 rings (SSSR count). The highest BCUT2D eigenvalue weighted by atomic mass is 16.5. The Morgan fingerprint density at radius 2 is 1.76 bits per heavy atom. The molecule has 0 bridgehead atoms. The number of fused-ring (bicyclic) bond motifs is 3. The minimum Gasteiger partial charge on any atom is -0.490 e. The molecule has 1 unspecified atom stereocenters. The van der Waals surface area contributed by atoms with E-state index in [0.29, 0.717) is 6.54 Å². The average molecular weight is 440 g/mol. The van der Waals surface area contributed by atoms with Gasteiger partial charge in [0.15, 0.2) is 0 Å². The van der Waals surface area contributed by atoms with E-state index in [0.717, 1.165) is 64.7 Å². The number of aryl methyl sites for hydroxylation is 1. The Kier molecular flexibility index (Phi) is 6.51. The van der Waals surface area contributed by atoms with Crippen LogP contribution in [0.15, 0.2) is 72.8 Å². The standard InChI is InChI=1S/C28H29N3O2/c32-21(19-33-27-15-7-9-20-8-1-2-10-22(20)27)18-29-16-17-30-28-23-11-3-5-13-25(23)31-26-14-6-4-12-24(26)28/h1-5,7-13,15,21,29,32H,6,14,16-19H2,(H,30,31). The van der Waals surface area contributed by atoms with Crippen LogP contribution in [0.1, 0.15) is 17.7 Å². The van der Waals surface area contributed by atoms with Crippen molar-refractivity contribution < 1.29 is 9.84 Å². The third kappa shape index (κ3) is 4.85. The van der Waals surface area contributed by atoms with Gasteiger partial charge in [0.05, 0.1) is 16.9 Å². The molecule has 5 heteroatoms. The van der Waals surface area contributed by atoms with Crippen molar-refractivity contribution in [2.24, 2.45) is 0 Å². The summed E-state index contributed by atoms with van der Waals surface area (Å²) in [5.41, 5.74) is 4.53. The second kappa shape index (κ2) is 10.0. The highest BCUT2D eigenvalue weighted by Crippen LogP contribution is 2.32. The summed E-state index contributed by atoms with van der Waals surface area (Å²) >= 11 is 0. The maximum absolute atomic E-state index is 10.4. The lowest BCUT2D eigenvalue weighted by Gasteiger charge is -2.19. The van der Waals surface area contributed by atoms with E-state index in [1.165, 1.54) is 5.56 Å².